The van der Waals surface area contributed by atoms with E-state index in [0.717, 1.165) is 12.5 Å². The second kappa shape index (κ2) is 3.69. The highest BCUT2D eigenvalue weighted by Crippen LogP contribution is 2.25. The average molecular weight is 178 g/mol. The predicted octanol–water partition coefficient (Wildman–Crippen LogP) is 0.692. The minimum absolute atomic E-state index is 0.312. The SMILES string of the molecule is C#CC(C)N1C[C@@H]2CCCN[C@@H]2C1. The van der Waals surface area contributed by atoms with Crippen LogP contribution in [-0.2, 0) is 0 Å². The van der Waals surface area contributed by atoms with Gasteiger partial charge in [-0.3, -0.25) is 4.90 Å². The van der Waals surface area contributed by atoms with Gasteiger partial charge < -0.3 is 5.32 Å². The Kier molecular flexibility index (Phi) is 2.57. The van der Waals surface area contributed by atoms with Crippen molar-refractivity contribution in [1.29, 1.82) is 0 Å². The third kappa shape index (κ3) is 1.72. The van der Waals surface area contributed by atoms with Crippen molar-refractivity contribution >= 4 is 0 Å². The molecule has 0 aromatic rings. The lowest BCUT2D eigenvalue weighted by Crippen LogP contribution is -2.41. The van der Waals surface area contributed by atoms with Crippen LogP contribution in [0, 0.1) is 18.3 Å². The maximum atomic E-state index is 5.43. The summed E-state index contributed by atoms with van der Waals surface area (Å²) < 4.78 is 0. The van der Waals surface area contributed by atoms with Crippen LogP contribution in [0.4, 0.5) is 0 Å². The Hall–Kier alpha value is -0.520. The number of hydrogen-bond acceptors (Lipinski definition) is 2. The van der Waals surface area contributed by atoms with E-state index >= 15 is 0 Å². The minimum atomic E-state index is 0.312. The van der Waals surface area contributed by atoms with E-state index in [2.05, 4.69) is 23.1 Å². The van der Waals surface area contributed by atoms with Gasteiger partial charge in [-0.1, -0.05) is 5.92 Å². The number of nitrogens with one attached hydrogen (secondary N) is 1. The van der Waals surface area contributed by atoms with E-state index in [1.54, 1.807) is 0 Å². The number of terminal acetylenes is 1. The molecule has 13 heavy (non-hydrogen) atoms. The molecule has 1 N–H and O–H groups in total. The van der Waals surface area contributed by atoms with Crippen molar-refractivity contribution in [2.24, 2.45) is 5.92 Å². The molecule has 0 spiro atoms. The normalized spacial score (nSPS) is 36.6. The number of rotatable bonds is 1. The summed E-state index contributed by atoms with van der Waals surface area (Å²) in [6.07, 6.45) is 8.14. The quantitative estimate of drug-likeness (QED) is 0.594. The number of fused-ring (bicyclic) bond motifs is 1. The average Bonchev–Trinajstić information content (AvgIpc) is 2.59. The topological polar surface area (TPSA) is 15.3 Å². The molecule has 72 valence electrons. The highest BCUT2D eigenvalue weighted by atomic mass is 15.2. The summed E-state index contributed by atoms with van der Waals surface area (Å²) in [4.78, 5) is 2.42. The van der Waals surface area contributed by atoms with Crippen molar-refractivity contribution in [1.82, 2.24) is 10.2 Å². The Balaban J connectivity index is 1.95. The zero-order valence-corrected chi connectivity index (χ0v) is 8.29. The van der Waals surface area contributed by atoms with Crippen LogP contribution in [0.25, 0.3) is 0 Å². The van der Waals surface area contributed by atoms with E-state index in [9.17, 15) is 0 Å². The fraction of sp³-hybridized carbons (Fsp3) is 0.818. The first-order valence-electron chi connectivity index (χ1n) is 5.25. The maximum Gasteiger partial charge on any atom is 0.0683 e. The molecular weight excluding hydrogens is 160 g/mol. The van der Waals surface area contributed by atoms with Crippen LogP contribution >= 0.6 is 0 Å². The van der Waals surface area contributed by atoms with Gasteiger partial charge >= 0.3 is 0 Å². The fourth-order valence-corrected chi connectivity index (χ4v) is 2.50. The monoisotopic (exact) mass is 178 g/mol. The smallest absolute Gasteiger partial charge is 0.0683 e. The number of likely N-dealkylation sites (tertiary alicyclic amines) is 1. The zero-order chi connectivity index (χ0) is 9.26. The van der Waals surface area contributed by atoms with Gasteiger partial charge in [0, 0.05) is 19.1 Å². The third-order valence-electron chi connectivity index (χ3n) is 3.42. The van der Waals surface area contributed by atoms with Gasteiger partial charge in [0.25, 0.3) is 0 Å². The van der Waals surface area contributed by atoms with Gasteiger partial charge in [0.2, 0.25) is 0 Å². The summed E-state index contributed by atoms with van der Waals surface area (Å²) in [5.74, 6) is 3.67. The van der Waals surface area contributed by atoms with Gasteiger partial charge in [-0.05, 0) is 32.2 Å². The molecule has 0 aliphatic carbocycles. The van der Waals surface area contributed by atoms with Gasteiger partial charge in [-0.25, -0.2) is 0 Å². The summed E-state index contributed by atoms with van der Waals surface area (Å²) in [5.41, 5.74) is 0. The van der Waals surface area contributed by atoms with E-state index in [4.69, 9.17) is 6.42 Å². The van der Waals surface area contributed by atoms with E-state index in [1.807, 2.05) is 0 Å². The van der Waals surface area contributed by atoms with Gasteiger partial charge in [-0.2, -0.15) is 0 Å². The van der Waals surface area contributed by atoms with Crippen molar-refractivity contribution in [3.8, 4) is 12.3 Å². The first-order chi connectivity index (χ1) is 6.31. The lowest BCUT2D eigenvalue weighted by atomic mass is 9.94. The van der Waals surface area contributed by atoms with E-state index in [-0.39, 0.29) is 0 Å². The highest BCUT2D eigenvalue weighted by Gasteiger charge is 2.35. The first-order valence-corrected chi connectivity index (χ1v) is 5.25. The summed E-state index contributed by atoms with van der Waals surface area (Å²) in [7, 11) is 0. The van der Waals surface area contributed by atoms with E-state index in [1.165, 1.54) is 25.9 Å². The van der Waals surface area contributed by atoms with Crippen LogP contribution in [-0.4, -0.2) is 36.6 Å². The molecule has 2 aliphatic rings. The lowest BCUT2D eigenvalue weighted by molar-refractivity contribution is 0.292. The Morgan fingerprint density at radius 1 is 1.54 bits per heavy atom. The fourth-order valence-electron chi connectivity index (χ4n) is 2.50. The Morgan fingerprint density at radius 2 is 2.38 bits per heavy atom. The molecule has 0 amide bonds. The van der Waals surface area contributed by atoms with Crippen LogP contribution in [0.1, 0.15) is 19.8 Å². The molecule has 0 bridgehead atoms. The molecule has 2 fully saturated rings. The van der Waals surface area contributed by atoms with Crippen molar-refractivity contribution in [2.75, 3.05) is 19.6 Å². The highest BCUT2D eigenvalue weighted by molar-refractivity contribution is 5.02. The molecule has 0 aromatic carbocycles. The second-order valence-corrected chi connectivity index (χ2v) is 4.26. The van der Waals surface area contributed by atoms with Crippen molar-refractivity contribution in [2.45, 2.75) is 31.8 Å². The van der Waals surface area contributed by atoms with Gasteiger partial charge in [0.1, 0.15) is 0 Å². The third-order valence-corrected chi connectivity index (χ3v) is 3.42. The molecule has 2 rings (SSSR count). The van der Waals surface area contributed by atoms with Crippen LogP contribution < -0.4 is 5.32 Å². The van der Waals surface area contributed by atoms with Crippen LogP contribution in [0.15, 0.2) is 0 Å². The van der Waals surface area contributed by atoms with E-state index < -0.39 is 0 Å². The van der Waals surface area contributed by atoms with Crippen LogP contribution in [0.5, 0.6) is 0 Å². The van der Waals surface area contributed by atoms with Crippen LogP contribution in [0.3, 0.4) is 0 Å². The number of hydrogen-bond donors (Lipinski definition) is 1. The molecule has 0 radical (unpaired) electrons. The Labute approximate surface area is 80.7 Å². The molecule has 2 nitrogen and oxygen atoms in total. The molecule has 2 saturated heterocycles. The number of piperidine rings is 1. The first kappa shape index (κ1) is 9.05. The number of nitrogens with zero attached hydrogens (tertiary/aromatic N) is 1. The molecule has 0 aromatic heterocycles. The molecule has 1 unspecified atom stereocenters. The van der Waals surface area contributed by atoms with Gasteiger partial charge in [0.15, 0.2) is 0 Å². The minimum Gasteiger partial charge on any atom is -0.312 e. The summed E-state index contributed by atoms with van der Waals surface area (Å²) in [5, 5.41) is 3.58. The predicted molar refractivity (Wildman–Crippen MR) is 54.4 cm³/mol. The summed E-state index contributed by atoms with van der Waals surface area (Å²) in [6, 6.07) is 1.02. The largest absolute Gasteiger partial charge is 0.312 e. The summed E-state index contributed by atoms with van der Waals surface area (Å²) >= 11 is 0. The van der Waals surface area contributed by atoms with Gasteiger partial charge in [0.05, 0.1) is 6.04 Å². The van der Waals surface area contributed by atoms with Crippen LogP contribution in [0.2, 0.25) is 0 Å². The van der Waals surface area contributed by atoms with Gasteiger partial charge in [-0.15, -0.1) is 6.42 Å². The molecule has 2 heterocycles. The summed E-state index contributed by atoms with van der Waals surface area (Å²) in [6.45, 7) is 5.66. The molecule has 2 aliphatic heterocycles. The lowest BCUT2D eigenvalue weighted by Gasteiger charge is -2.24. The van der Waals surface area contributed by atoms with E-state index in [0.29, 0.717) is 12.1 Å². The molecule has 3 atom stereocenters. The van der Waals surface area contributed by atoms with Crippen molar-refractivity contribution in [3.63, 3.8) is 0 Å². The molecule has 2 heteroatoms. The second-order valence-electron chi connectivity index (χ2n) is 4.26. The molecular formula is C11H18N2. The Morgan fingerprint density at radius 3 is 3.08 bits per heavy atom. The van der Waals surface area contributed by atoms with Crippen molar-refractivity contribution < 1.29 is 0 Å². The standard InChI is InChI=1S/C11H18N2/c1-3-9(2)13-7-10-5-4-6-12-11(10)8-13/h1,9-12H,4-8H2,2H3/t9?,10-,11+/m0/s1. The van der Waals surface area contributed by atoms with Crippen molar-refractivity contribution in [3.05, 3.63) is 0 Å². The Bertz CT molecular complexity index is 205. The molecule has 0 saturated carbocycles. The maximum absolute atomic E-state index is 5.43. The zero-order valence-electron chi connectivity index (χ0n) is 8.29.